The van der Waals surface area contributed by atoms with Crippen molar-refractivity contribution in [2.45, 2.75) is 36.6 Å². The maximum atomic E-state index is 12.4. The third-order valence-corrected chi connectivity index (χ3v) is 5.63. The third kappa shape index (κ3) is 3.51. The Morgan fingerprint density at radius 1 is 1.32 bits per heavy atom. The third-order valence-electron chi connectivity index (χ3n) is 4.31. The zero-order valence-electron chi connectivity index (χ0n) is 13.5. The molecule has 1 fully saturated rings. The molecule has 2 aliphatic rings. The molecule has 134 valence electrons. The molecule has 25 heavy (non-hydrogen) atoms. The Morgan fingerprint density at radius 3 is 2.84 bits per heavy atom. The van der Waals surface area contributed by atoms with E-state index in [1.807, 2.05) is 0 Å². The van der Waals surface area contributed by atoms with Gasteiger partial charge in [0.05, 0.1) is 0 Å². The molecule has 2 heterocycles. The van der Waals surface area contributed by atoms with Crippen molar-refractivity contribution < 1.29 is 23.1 Å². The number of nitrogens with one attached hydrogen (secondary N) is 1. The molecular formula is C16H19N3O5S. The van der Waals surface area contributed by atoms with Crippen LogP contribution in [-0.2, 0) is 19.6 Å². The molecule has 2 N–H and O–H groups in total. The summed E-state index contributed by atoms with van der Waals surface area (Å²) in [7, 11) is -3.72. The number of aliphatic carboxylic acids is 1. The first-order valence-corrected chi connectivity index (χ1v) is 9.54. The number of fused-ring (bicyclic) bond motifs is 1. The number of sulfonamides is 1. The van der Waals surface area contributed by atoms with Crippen molar-refractivity contribution in [3.8, 4) is 0 Å². The number of carbonyl (C=O) groups excluding carboxylic acids is 1. The number of rotatable bonds is 5. The van der Waals surface area contributed by atoms with Crippen LogP contribution in [0, 0.1) is 0 Å². The predicted octanol–water partition coefficient (Wildman–Crippen LogP) is 0.581. The molecule has 1 aromatic carbocycles. The Balaban J connectivity index is 1.74. The number of carboxylic acids is 1. The van der Waals surface area contributed by atoms with Crippen LogP contribution in [0.2, 0.25) is 0 Å². The van der Waals surface area contributed by atoms with Gasteiger partial charge in [0.1, 0.15) is 10.9 Å². The van der Waals surface area contributed by atoms with E-state index < -0.39 is 22.0 Å². The summed E-state index contributed by atoms with van der Waals surface area (Å²) >= 11 is 0. The zero-order chi connectivity index (χ0) is 18.0. The van der Waals surface area contributed by atoms with Gasteiger partial charge < -0.3 is 15.3 Å². The Labute approximate surface area is 145 Å². The molecule has 1 aromatic rings. The van der Waals surface area contributed by atoms with Gasteiger partial charge >= 0.3 is 5.97 Å². The summed E-state index contributed by atoms with van der Waals surface area (Å²) in [4.78, 5) is 24.8. The van der Waals surface area contributed by atoms with Crippen LogP contribution in [0.5, 0.6) is 0 Å². The number of carboxylic acid groups (broad SMARTS) is 1. The normalized spacial score (nSPS) is 20.9. The van der Waals surface area contributed by atoms with Crippen LogP contribution in [0.3, 0.4) is 0 Å². The number of nitrogens with zero attached hydrogens (tertiary/aromatic N) is 2. The highest BCUT2D eigenvalue weighted by Crippen LogP contribution is 2.31. The molecule has 1 atom stereocenters. The molecule has 0 aliphatic carbocycles. The van der Waals surface area contributed by atoms with E-state index in [0.29, 0.717) is 30.8 Å². The minimum absolute atomic E-state index is 0.00696. The van der Waals surface area contributed by atoms with E-state index in [2.05, 4.69) is 9.71 Å². The van der Waals surface area contributed by atoms with Gasteiger partial charge in [0, 0.05) is 25.1 Å². The number of amidine groups is 1. The molecule has 0 aromatic heterocycles. The smallest absolute Gasteiger partial charge is 0.303 e. The van der Waals surface area contributed by atoms with Gasteiger partial charge in [0.15, 0.2) is 5.84 Å². The van der Waals surface area contributed by atoms with Crippen LogP contribution in [0.25, 0.3) is 0 Å². The Bertz CT molecular complexity index is 834. The van der Waals surface area contributed by atoms with Gasteiger partial charge in [-0.25, -0.2) is 0 Å². The predicted molar refractivity (Wildman–Crippen MR) is 89.8 cm³/mol. The topological polar surface area (TPSA) is 116 Å². The second kappa shape index (κ2) is 6.83. The van der Waals surface area contributed by atoms with Crippen LogP contribution < -0.4 is 5.32 Å². The summed E-state index contributed by atoms with van der Waals surface area (Å²) in [5.74, 6) is -0.815. The molecular weight excluding hydrogens is 346 g/mol. The quantitative estimate of drug-likeness (QED) is 0.738. The summed E-state index contributed by atoms with van der Waals surface area (Å²) in [6, 6.07) is 6.10. The highest BCUT2D eigenvalue weighted by atomic mass is 32.2. The van der Waals surface area contributed by atoms with Crippen LogP contribution in [0.15, 0.2) is 33.6 Å². The maximum absolute atomic E-state index is 12.4. The summed E-state index contributed by atoms with van der Waals surface area (Å²) in [5.41, 5.74) is 0.521. The van der Waals surface area contributed by atoms with Crippen LogP contribution in [-0.4, -0.2) is 55.3 Å². The molecule has 1 saturated heterocycles. The minimum Gasteiger partial charge on any atom is -0.481 e. The maximum Gasteiger partial charge on any atom is 0.303 e. The molecule has 3 rings (SSSR count). The summed E-state index contributed by atoms with van der Waals surface area (Å²) in [6.45, 7) is 0.826. The standard InChI is InChI=1S/C16H19N3O5S/c20-14(21)8-3-9-17-16(22)12-6-4-10-19(12)15-11-5-1-2-7-13(11)25(23,24)18-15/h1-2,5,7,12H,3-4,6,8-10H2,(H,17,22)(H,20,21)/t12-/m0/s1. The Hall–Kier alpha value is -2.42. The lowest BCUT2D eigenvalue weighted by molar-refractivity contribution is -0.137. The van der Waals surface area contributed by atoms with Crippen LogP contribution >= 0.6 is 0 Å². The van der Waals surface area contributed by atoms with Crippen LogP contribution in [0.1, 0.15) is 31.2 Å². The molecule has 0 saturated carbocycles. The monoisotopic (exact) mass is 365 g/mol. The SMILES string of the molecule is O=C(O)CCCNC(=O)[C@@H]1CCCN1C1=NS(=O)(=O)c2ccccc21. The Kier molecular flexibility index (Phi) is 4.76. The number of hydrogen-bond donors (Lipinski definition) is 2. The van der Waals surface area contributed by atoms with Gasteiger partial charge in [-0.15, -0.1) is 4.40 Å². The number of hydrogen-bond acceptors (Lipinski definition) is 5. The first kappa shape index (κ1) is 17.4. The van der Waals surface area contributed by atoms with E-state index in [-0.39, 0.29) is 23.8 Å². The fourth-order valence-electron chi connectivity index (χ4n) is 3.16. The molecule has 0 radical (unpaired) electrons. The lowest BCUT2D eigenvalue weighted by Gasteiger charge is -2.25. The number of amides is 1. The van der Waals surface area contributed by atoms with Crippen molar-refractivity contribution in [2.75, 3.05) is 13.1 Å². The number of likely N-dealkylation sites (tertiary alicyclic amines) is 1. The first-order valence-electron chi connectivity index (χ1n) is 8.10. The Morgan fingerprint density at radius 2 is 2.08 bits per heavy atom. The second-order valence-electron chi connectivity index (χ2n) is 6.03. The highest BCUT2D eigenvalue weighted by molar-refractivity contribution is 7.90. The molecule has 8 nitrogen and oxygen atoms in total. The van der Waals surface area contributed by atoms with Crippen molar-refractivity contribution >= 4 is 27.7 Å². The van der Waals surface area contributed by atoms with Gasteiger partial charge in [-0.1, -0.05) is 12.1 Å². The minimum atomic E-state index is -3.72. The van der Waals surface area contributed by atoms with Gasteiger partial charge in [0.25, 0.3) is 10.0 Å². The van der Waals surface area contributed by atoms with Crippen LogP contribution in [0.4, 0.5) is 0 Å². The largest absolute Gasteiger partial charge is 0.481 e. The number of benzene rings is 1. The van der Waals surface area contributed by atoms with E-state index in [0.717, 1.165) is 6.42 Å². The van der Waals surface area contributed by atoms with Crippen molar-refractivity contribution in [2.24, 2.45) is 4.40 Å². The fraction of sp³-hybridized carbons (Fsp3) is 0.438. The molecule has 2 aliphatic heterocycles. The summed E-state index contributed by atoms with van der Waals surface area (Å²) < 4.78 is 28.3. The molecule has 0 bridgehead atoms. The fourth-order valence-corrected chi connectivity index (χ4v) is 4.37. The molecule has 9 heteroatoms. The van der Waals surface area contributed by atoms with Crippen molar-refractivity contribution in [1.82, 2.24) is 10.2 Å². The van der Waals surface area contributed by atoms with Gasteiger partial charge in [-0.05, 0) is 31.4 Å². The highest BCUT2D eigenvalue weighted by Gasteiger charge is 2.38. The van der Waals surface area contributed by atoms with Crippen molar-refractivity contribution in [1.29, 1.82) is 0 Å². The van der Waals surface area contributed by atoms with E-state index in [1.165, 1.54) is 6.07 Å². The van der Waals surface area contributed by atoms with E-state index in [1.54, 1.807) is 23.1 Å². The molecule has 0 spiro atoms. The number of carbonyl (C=O) groups is 2. The van der Waals surface area contributed by atoms with E-state index in [4.69, 9.17) is 5.11 Å². The summed E-state index contributed by atoms with van der Waals surface area (Å²) in [5, 5.41) is 11.4. The lowest BCUT2D eigenvalue weighted by Crippen LogP contribution is -2.46. The van der Waals surface area contributed by atoms with E-state index in [9.17, 15) is 18.0 Å². The van der Waals surface area contributed by atoms with Crippen molar-refractivity contribution in [3.63, 3.8) is 0 Å². The summed E-state index contributed by atoms with van der Waals surface area (Å²) in [6.07, 6.45) is 1.71. The van der Waals surface area contributed by atoms with Crippen molar-refractivity contribution in [3.05, 3.63) is 29.8 Å². The average Bonchev–Trinajstić information content (AvgIpc) is 3.14. The molecule has 1 amide bonds. The first-order chi connectivity index (χ1) is 11.9. The van der Waals surface area contributed by atoms with Gasteiger partial charge in [-0.3, -0.25) is 9.59 Å². The zero-order valence-corrected chi connectivity index (χ0v) is 14.3. The van der Waals surface area contributed by atoms with Gasteiger partial charge in [0.2, 0.25) is 5.91 Å². The lowest BCUT2D eigenvalue weighted by atomic mass is 10.1. The van der Waals surface area contributed by atoms with Gasteiger partial charge in [-0.2, -0.15) is 8.42 Å². The molecule has 0 unspecified atom stereocenters. The van der Waals surface area contributed by atoms with E-state index >= 15 is 0 Å². The second-order valence-corrected chi connectivity index (χ2v) is 7.60. The average molecular weight is 365 g/mol.